The molecule has 128 valence electrons. The predicted molar refractivity (Wildman–Crippen MR) is 101 cm³/mol. The summed E-state index contributed by atoms with van der Waals surface area (Å²) in [5, 5.41) is 13.7. The van der Waals surface area contributed by atoms with Gasteiger partial charge in [0, 0.05) is 40.3 Å². The summed E-state index contributed by atoms with van der Waals surface area (Å²) in [6, 6.07) is 15.9. The fourth-order valence-electron chi connectivity index (χ4n) is 3.15. The van der Waals surface area contributed by atoms with E-state index in [1.807, 2.05) is 43.3 Å². The van der Waals surface area contributed by atoms with Crippen LogP contribution in [0.3, 0.4) is 0 Å². The van der Waals surface area contributed by atoms with Gasteiger partial charge in [0.05, 0.1) is 10.5 Å². The average molecular weight is 345 g/mol. The number of aromatic amines is 1. The Morgan fingerprint density at radius 1 is 1.04 bits per heavy atom. The summed E-state index contributed by atoms with van der Waals surface area (Å²) >= 11 is 0. The summed E-state index contributed by atoms with van der Waals surface area (Å²) in [5.41, 5.74) is 5.76. The van der Waals surface area contributed by atoms with Gasteiger partial charge in [-0.1, -0.05) is 18.2 Å². The average Bonchev–Trinajstić information content (AvgIpc) is 3.15. The third kappa shape index (κ3) is 2.67. The van der Waals surface area contributed by atoms with Crippen molar-refractivity contribution in [2.45, 2.75) is 6.92 Å². The lowest BCUT2D eigenvalue weighted by Crippen LogP contribution is -2.03. The van der Waals surface area contributed by atoms with E-state index in [9.17, 15) is 14.9 Å². The number of aryl methyl sites for hydroxylation is 1. The van der Waals surface area contributed by atoms with Crippen LogP contribution in [0.2, 0.25) is 0 Å². The van der Waals surface area contributed by atoms with Gasteiger partial charge < -0.3 is 10.3 Å². The van der Waals surface area contributed by atoms with Crippen LogP contribution in [0.25, 0.3) is 22.8 Å². The molecule has 2 aromatic carbocycles. The second-order valence-electron chi connectivity index (χ2n) is 6.14. The van der Waals surface area contributed by atoms with Crippen molar-refractivity contribution < 1.29 is 9.72 Å². The Labute approximate surface area is 149 Å². The summed E-state index contributed by atoms with van der Waals surface area (Å²) in [7, 11) is 0. The molecule has 0 bridgehead atoms. The third-order valence-corrected chi connectivity index (χ3v) is 4.37. The van der Waals surface area contributed by atoms with Crippen LogP contribution in [0.4, 0.5) is 11.4 Å². The third-order valence-electron chi connectivity index (χ3n) is 4.37. The molecule has 0 saturated heterocycles. The molecule has 0 unspecified atom stereocenters. The predicted octanol–water partition coefficient (Wildman–Crippen LogP) is 4.39. The van der Waals surface area contributed by atoms with Gasteiger partial charge in [-0.15, -0.1) is 0 Å². The standard InChI is InChI=1S/C20H15N3O3/c1-12-10-16(13-6-8-14(9-7-13)23(25)26)19(21-12)11-17-15-4-2-3-5-18(15)22-20(17)24/h2-11,21H,1H3,(H,22,24)/b17-11-. The first kappa shape index (κ1) is 15.8. The maximum atomic E-state index is 12.3. The number of amides is 1. The topological polar surface area (TPSA) is 88.0 Å². The summed E-state index contributed by atoms with van der Waals surface area (Å²) in [5.74, 6) is -0.145. The minimum Gasteiger partial charge on any atom is -0.359 e. The van der Waals surface area contributed by atoms with Crippen LogP contribution in [0, 0.1) is 17.0 Å². The molecule has 0 saturated carbocycles. The van der Waals surface area contributed by atoms with Crippen LogP contribution in [-0.2, 0) is 4.79 Å². The smallest absolute Gasteiger partial charge is 0.269 e. The van der Waals surface area contributed by atoms with Gasteiger partial charge in [-0.25, -0.2) is 0 Å². The van der Waals surface area contributed by atoms with E-state index in [0.29, 0.717) is 5.57 Å². The van der Waals surface area contributed by atoms with Crippen LogP contribution in [0.5, 0.6) is 0 Å². The number of benzene rings is 2. The van der Waals surface area contributed by atoms with Crippen molar-refractivity contribution >= 4 is 28.9 Å². The Morgan fingerprint density at radius 3 is 2.50 bits per heavy atom. The summed E-state index contributed by atoms with van der Waals surface area (Å²) in [6.07, 6.45) is 1.82. The van der Waals surface area contributed by atoms with Crippen LogP contribution in [0.15, 0.2) is 54.6 Å². The van der Waals surface area contributed by atoms with Gasteiger partial charge in [0.1, 0.15) is 0 Å². The maximum absolute atomic E-state index is 12.3. The van der Waals surface area contributed by atoms with Crippen LogP contribution >= 0.6 is 0 Å². The Balaban J connectivity index is 1.80. The van der Waals surface area contributed by atoms with Crippen LogP contribution in [0.1, 0.15) is 17.0 Å². The van der Waals surface area contributed by atoms with Gasteiger partial charge in [0.2, 0.25) is 0 Å². The zero-order valence-corrected chi connectivity index (χ0v) is 13.9. The van der Waals surface area contributed by atoms with Crippen LogP contribution < -0.4 is 5.32 Å². The highest BCUT2D eigenvalue weighted by Crippen LogP contribution is 2.35. The van der Waals surface area contributed by atoms with E-state index >= 15 is 0 Å². The Bertz CT molecular complexity index is 1060. The molecule has 0 atom stereocenters. The number of rotatable bonds is 3. The molecule has 1 aliphatic heterocycles. The number of nitro benzene ring substituents is 1. The minimum absolute atomic E-state index is 0.0463. The van der Waals surface area contributed by atoms with E-state index in [-0.39, 0.29) is 11.6 Å². The van der Waals surface area contributed by atoms with Gasteiger partial charge in [0.25, 0.3) is 11.6 Å². The monoisotopic (exact) mass is 345 g/mol. The number of carbonyl (C=O) groups excluding carboxylic acids is 1. The lowest BCUT2D eigenvalue weighted by atomic mass is 10.0. The molecule has 0 radical (unpaired) electrons. The second-order valence-corrected chi connectivity index (χ2v) is 6.14. The lowest BCUT2D eigenvalue weighted by Gasteiger charge is -2.02. The Morgan fingerprint density at radius 2 is 1.77 bits per heavy atom. The lowest BCUT2D eigenvalue weighted by molar-refractivity contribution is -0.384. The highest BCUT2D eigenvalue weighted by molar-refractivity contribution is 6.35. The number of fused-ring (bicyclic) bond motifs is 1. The first-order chi connectivity index (χ1) is 12.5. The van der Waals surface area contributed by atoms with E-state index in [0.717, 1.165) is 33.8 Å². The zero-order valence-electron chi connectivity index (χ0n) is 13.9. The molecule has 1 amide bonds. The molecule has 1 aromatic heterocycles. The van der Waals surface area contributed by atoms with Crippen LogP contribution in [-0.4, -0.2) is 15.8 Å². The highest BCUT2D eigenvalue weighted by Gasteiger charge is 2.24. The molecular weight excluding hydrogens is 330 g/mol. The second kappa shape index (κ2) is 6.00. The number of nitrogens with one attached hydrogen (secondary N) is 2. The van der Waals surface area contributed by atoms with Crippen molar-refractivity contribution in [2.24, 2.45) is 0 Å². The van der Waals surface area contributed by atoms with Gasteiger partial charge in [-0.05, 0) is 42.8 Å². The van der Waals surface area contributed by atoms with Gasteiger partial charge in [-0.3, -0.25) is 14.9 Å². The summed E-state index contributed by atoms with van der Waals surface area (Å²) in [4.78, 5) is 26.0. The fourth-order valence-corrected chi connectivity index (χ4v) is 3.15. The van der Waals surface area contributed by atoms with Gasteiger partial charge >= 0.3 is 0 Å². The molecule has 4 rings (SSSR count). The molecule has 0 spiro atoms. The molecule has 2 N–H and O–H groups in total. The minimum atomic E-state index is -0.422. The van der Waals surface area contributed by atoms with Crippen molar-refractivity contribution in [3.8, 4) is 11.1 Å². The molecular formula is C20H15N3O3. The summed E-state index contributed by atoms with van der Waals surface area (Å²) < 4.78 is 0. The molecule has 2 heterocycles. The quantitative estimate of drug-likeness (QED) is 0.419. The normalized spacial score (nSPS) is 14.3. The molecule has 6 nitrogen and oxygen atoms in total. The van der Waals surface area contributed by atoms with E-state index in [4.69, 9.17) is 0 Å². The first-order valence-electron chi connectivity index (χ1n) is 8.10. The SMILES string of the molecule is Cc1cc(-c2ccc([N+](=O)[O-])cc2)c(/C=C2\C(=O)Nc3ccccc32)[nH]1. The summed E-state index contributed by atoms with van der Waals surface area (Å²) in [6.45, 7) is 1.93. The Hall–Kier alpha value is -3.67. The number of H-pyrrole nitrogens is 1. The first-order valence-corrected chi connectivity index (χ1v) is 8.10. The van der Waals surface area contributed by atoms with Crippen molar-refractivity contribution in [2.75, 3.05) is 5.32 Å². The largest absolute Gasteiger partial charge is 0.359 e. The molecule has 1 aliphatic rings. The van der Waals surface area contributed by atoms with Crippen molar-refractivity contribution in [1.82, 2.24) is 4.98 Å². The number of para-hydroxylation sites is 1. The number of carbonyl (C=O) groups is 1. The van der Waals surface area contributed by atoms with Gasteiger partial charge in [-0.2, -0.15) is 0 Å². The Kier molecular flexibility index (Phi) is 3.65. The van der Waals surface area contributed by atoms with Crippen molar-refractivity contribution in [1.29, 1.82) is 0 Å². The van der Waals surface area contributed by atoms with Gasteiger partial charge in [0.15, 0.2) is 0 Å². The van der Waals surface area contributed by atoms with E-state index in [1.165, 1.54) is 12.1 Å². The highest BCUT2D eigenvalue weighted by atomic mass is 16.6. The molecule has 3 aromatic rings. The molecule has 0 fully saturated rings. The fraction of sp³-hybridized carbons (Fsp3) is 0.0500. The van der Waals surface area contributed by atoms with E-state index in [1.54, 1.807) is 12.1 Å². The zero-order chi connectivity index (χ0) is 18.3. The van der Waals surface area contributed by atoms with E-state index < -0.39 is 4.92 Å². The number of non-ortho nitro benzene ring substituents is 1. The number of nitrogens with zero attached hydrogens (tertiary/aromatic N) is 1. The van der Waals surface area contributed by atoms with E-state index in [2.05, 4.69) is 10.3 Å². The van der Waals surface area contributed by atoms with Crippen molar-refractivity contribution in [3.63, 3.8) is 0 Å². The number of nitro groups is 1. The molecule has 6 heteroatoms. The molecule has 26 heavy (non-hydrogen) atoms. The number of hydrogen-bond acceptors (Lipinski definition) is 3. The number of anilines is 1. The number of hydrogen-bond donors (Lipinski definition) is 2. The number of aromatic nitrogens is 1. The van der Waals surface area contributed by atoms with Crippen molar-refractivity contribution in [3.05, 3.63) is 81.7 Å². The molecule has 0 aliphatic carbocycles. The maximum Gasteiger partial charge on any atom is 0.269 e.